The molecule has 31 heavy (non-hydrogen) atoms. The van der Waals surface area contributed by atoms with Crippen molar-refractivity contribution in [3.8, 4) is 5.75 Å². The summed E-state index contributed by atoms with van der Waals surface area (Å²) in [5, 5.41) is 0. The van der Waals surface area contributed by atoms with E-state index >= 15 is 0 Å². The highest BCUT2D eigenvalue weighted by molar-refractivity contribution is 7.89. The van der Waals surface area contributed by atoms with Gasteiger partial charge in [0.15, 0.2) is 0 Å². The number of sulfonamides is 1. The molecule has 2 fully saturated rings. The van der Waals surface area contributed by atoms with Crippen molar-refractivity contribution < 1.29 is 27.1 Å². The molecule has 2 aliphatic rings. The Hall–Kier alpha value is -2.75. The Morgan fingerprint density at radius 2 is 1.77 bits per heavy atom. The van der Waals surface area contributed by atoms with E-state index in [4.69, 9.17) is 9.47 Å². The second-order valence-electron chi connectivity index (χ2n) is 7.51. The number of carbonyl (C=O) groups excluding carboxylic acids is 1. The number of methoxy groups -OCH3 is 1. The van der Waals surface area contributed by atoms with Gasteiger partial charge < -0.3 is 14.4 Å². The van der Waals surface area contributed by atoms with Crippen LogP contribution in [0.4, 0.5) is 4.39 Å². The Balaban J connectivity index is 1.41. The number of hydrogen-bond acceptors (Lipinski definition) is 5. The average molecular weight is 447 g/mol. The molecule has 7 nitrogen and oxygen atoms in total. The smallest absolute Gasteiger partial charge is 0.246 e. The Bertz CT molecular complexity index is 1070. The van der Waals surface area contributed by atoms with Crippen LogP contribution < -0.4 is 4.74 Å². The zero-order chi connectivity index (χ0) is 22.0. The molecule has 9 heteroatoms. The van der Waals surface area contributed by atoms with E-state index in [1.54, 1.807) is 18.1 Å². The number of hydrogen-bond donors (Lipinski definition) is 0. The van der Waals surface area contributed by atoms with Gasteiger partial charge in [-0.1, -0.05) is 18.2 Å². The van der Waals surface area contributed by atoms with E-state index in [0.29, 0.717) is 0 Å². The maximum absolute atomic E-state index is 13.5. The summed E-state index contributed by atoms with van der Waals surface area (Å²) < 4.78 is 51.6. The van der Waals surface area contributed by atoms with E-state index in [9.17, 15) is 17.6 Å². The first kappa shape index (κ1) is 21.5. The summed E-state index contributed by atoms with van der Waals surface area (Å²) in [7, 11) is -2.24. The number of rotatable bonds is 5. The van der Waals surface area contributed by atoms with Crippen molar-refractivity contribution in [2.24, 2.45) is 0 Å². The molecule has 0 aliphatic carbocycles. The summed E-state index contributed by atoms with van der Waals surface area (Å²) in [6.07, 6.45) is 2.36. The predicted molar refractivity (Wildman–Crippen MR) is 112 cm³/mol. The van der Waals surface area contributed by atoms with E-state index in [-0.39, 0.29) is 37.0 Å². The van der Waals surface area contributed by atoms with Gasteiger partial charge in [0.2, 0.25) is 15.9 Å². The van der Waals surface area contributed by atoms with Crippen LogP contribution in [0.5, 0.6) is 5.75 Å². The highest BCUT2D eigenvalue weighted by Crippen LogP contribution is 2.25. The Kier molecular flexibility index (Phi) is 6.08. The molecule has 4 rings (SSSR count). The Morgan fingerprint density at radius 1 is 1.10 bits per heavy atom. The number of amides is 1. The second-order valence-corrected chi connectivity index (χ2v) is 9.45. The van der Waals surface area contributed by atoms with Crippen LogP contribution in [-0.4, -0.2) is 69.0 Å². The second kappa shape index (κ2) is 8.78. The van der Waals surface area contributed by atoms with Crippen LogP contribution in [0.2, 0.25) is 0 Å². The van der Waals surface area contributed by atoms with E-state index in [2.05, 4.69) is 0 Å². The lowest BCUT2D eigenvalue weighted by Gasteiger charge is -2.44. The Labute approximate surface area is 180 Å². The van der Waals surface area contributed by atoms with Crippen LogP contribution >= 0.6 is 0 Å². The molecule has 2 saturated heterocycles. The molecular formula is C22H23FN2O5S. The molecule has 2 bridgehead atoms. The topological polar surface area (TPSA) is 76.2 Å². The third kappa shape index (κ3) is 4.79. The molecule has 0 N–H and O–H groups in total. The lowest BCUT2D eigenvalue weighted by molar-refractivity contribution is -0.150. The number of nitrogens with zero attached hydrogens (tertiary/aromatic N) is 2. The lowest BCUT2D eigenvalue weighted by Crippen LogP contribution is -2.61. The SMILES string of the molecule is COc1ccc(/C=C/C(=O)N2CC3CN(S(=O)(=O)c4cccc(F)c4)CC(C2)O3)cc1. The van der Waals surface area contributed by atoms with Gasteiger partial charge in [-0.25, -0.2) is 12.8 Å². The molecule has 2 unspecified atom stereocenters. The normalized spacial score (nSPS) is 21.9. The van der Waals surface area contributed by atoms with E-state index in [1.165, 1.54) is 28.6 Å². The van der Waals surface area contributed by atoms with Crippen LogP contribution in [0.15, 0.2) is 59.5 Å². The van der Waals surface area contributed by atoms with Crippen molar-refractivity contribution in [1.29, 1.82) is 0 Å². The molecular weight excluding hydrogens is 423 g/mol. The molecule has 0 saturated carbocycles. The minimum Gasteiger partial charge on any atom is -0.497 e. The van der Waals surface area contributed by atoms with E-state index in [1.807, 2.05) is 24.3 Å². The summed E-state index contributed by atoms with van der Waals surface area (Å²) in [6, 6.07) is 12.3. The maximum Gasteiger partial charge on any atom is 0.246 e. The maximum atomic E-state index is 13.5. The summed E-state index contributed by atoms with van der Waals surface area (Å²) in [5.74, 6) is -0.0206. The first-order valence-electron chi connectivity index (χ1n) is 9.87. The summed E-state index contributed by atoms with van der Waals surface area (Å²) in [5.41, 5.74) is 0.870. The van der Waals surface area contributed by atoms with Gasteiger partial charge in [0, 0.05) is 32.3 Å². The molecule has 0 spiro atoms. The molecule has 0 aromatic heterocycles. The first-order chi connectivity index (χ1) is 14.8. The molecule has 2 aromatic carbocycles. The lowest BCUT2D eigenvalue weighted by atomic mass is 10.1. The van der Waals surface area contributed by atoms with Crippen molar-refractivity contribution in [2.75, 3.05) is 33.3 Å². The molecule has 2 heterocycles. The zero-order valence-corrected chi connectivity index (χ0v) is 17.8. The molecule has 2 aliphatic heterocycles. The summed E-state index contributed by atoms with van der Waals surface area (Å²) in [6.45, 7) is 0.803. The van der Waals surface area contributed by atoms with Gasteiger partial charge in [0.05, 0.1) is 24.2 Å². The number of carbonyl (C=O) groups is 1. The van der Waals surface area contributed by atoms with E-state index in [0.717, 1.165) is 17.4 Å². The van der Waals surface area contributed by atoms with Crippen LogP contribution in [0.1, 0.15) is 5.56 Å². The average Bonchev–Trinajstić information content (AvgIpc) is 2.77. The van der Waals surface area contributed by atoms with Crippen molar-refractivity contribution in [2.45, 2.75) is 17.1 Å². The van der Waals surface area contributed by atoms with Crippen molar-refractivity contribution in [1.82, 2.24) is 9.21 Å². The van der Waals surface area contributed by atoms with Gasteiger partial charge in [0.25, 0.3) is 0 Å². The third-order valence-corrected chi connectivity index (χ3v) is 7.15. The minimum atomic E-state index is -3.83. The number of morpholine rings is 2. The van der Waals surface area contributed by atoms with Crippen molar-refractivity contribution in [3.63, 3.8) is 0 Å². The van der Waals surface area contributed by atoms with E-state index < -0.39 is 28.0 Å². The summed E-state index contributed by atoms with van der Waals surface area (Å²) >= 11 is 0. The summed E-state index contributed by atoms with van der Waals surface area (Å²) in [4.78, 5) is 14.2. The van der Waals surface area contributed by atoms with Gasteiger partial charge in [-0.2, -0.15) is 4.31 Å². The van der Waals surface area contributed by atoms with Crippen LogP contribution in [-0.2, 0) is 19.6 Å². The van der Waals surface area contributed by atoms with Crippen LogP contribution in [0.25, 0.3) is 6.08 Å². The number of halogens is 1. The molecule has 2 atom stereocenters. The number of fused-ring (bicyclic) bond motifs is 2. The molecule has 1 amide bonds. The standard InChI is InChI=1S/C22H23FN2O5S/c1-29-18-8-5-16(6-9-18)7-10-22(26)24-12-19-14-25(15-20(13-24)30-19)31(27,28)21-4-2-3-17(23)11-21/h2-11,19-20H,12-15H2,1H3/b10-7+. The predicted octanol–water partition coefficient (Wildman–Crippen LogP) is 2.15. The quantitative estimate of drug-likeness (QED) is 0.658. The van der Waals surface area contributed by atoms with Crippen molar-refractivity contribution in [3.05, 3.63) is 66.0 Å². The largest absolute Gasteiger partial charge is 0.497 e. The van der Waals surface area contributed by atoms with Gasteiger partial charge in [-0.05, 0) is 42.0 Å². The fourth-order valence-electron chi connectivity index (χ4n) is 3.80. The van der Waals surface area contributed by atoms with Gasteiger partial charge in [-0.15, -0.1) is 0 Å². The number of ether oxygens (including phenoxy) is 2. The highest BCUT2D eigenvalue weighted by atomic mass is 32.2. The number of benzene rings is 2. The van der Waals surface area contributed by atoms with Gasteiger partial charge in [0.1, 0.15) is 11.6 Å². The molecule has 2 aromatic rings. The van der Waals surface area contributed by atoms with Gasteiger partial charge in [-0.3, -0.25) is 4.79 Å². The zero-order valence-electron chi connectivity index (χ0n) is 17.0. The van der Waals surface area contributed by atoms with Crippen molar-refractivity contribution >= 4 is 22.0 Å². The monoisotopic (exact) mass is 446 g/mol. The molecule has 0 radical (unpaired) electrons. The fourth-order valence-corrected chi connectivity index (χ4v) is 5.33. The van der Waals surface area contributed by atoms with Crippen LogP contribution in [0.3, 0.4) is 0 Å². The fraction of sp³-hybridized carbons (Fsp3) is 0.318. The van der Waals surface area contributed by atoms with Crippen LogP contribution in [0, 0.1) is 5.82 Å². The first-order valence-corrected chi connectivity index (χ1v) is 11.3. The third-order valence-electron chi connectivity index (χ3n) is 5.33. The Morgan fingerprint density at radius 3 is 2.39 bits per heavy atom. The van der Waals surface area contributed by atoms with Gasteiger partial charge >= 0.3 is 0 Å². The minimum absolute atomic E-state index is 0.0807. The highest BCUT2D eigenvalue weighted by Gasteiger charge is 2.40. The molecule has 164 valence electrons.